The molecule has 0 aliphatic carbocycles. The topological polar surface area (TPSA) is 44.9 Å². The highest BCUT2D eigenvalue weighted by atomic mass is 32.1. The zero-order valence-electron chi connectivity index (χ0n) is 9.69. The molecule has 2 N–H and O–H groups in total. The Morgan fingerprint density at radius 3 is 2.67 bits per heavy atom. The molecular formula is C10H13F3N2OS2. The number of halogens is 3. The second-order valence-electron chi connectivity index (χ2n) is 3.81. The van der Waals surface area contributed by atoms with Crippen LogP contribution in [0, 0.1) is 10.9 Å². The molecule has 0 radical (unpaired) electrons. The van der Waals surface area contributed by atoms with Crippen molar-refractivity contribution in [3.8, 4) is 0 Å². The van der Waals surface area contributed by atoms with Crippen LogP contribution in [0.1, 0.15) is 23.4 Å². The van der Waals surface area contributed by atoms with Gasteiger partial charge in [-0.2, -0.15) is 13.2 Å². The number of thiazole rings is 1. The third-order valence-corrected chi connectivity index (χ3v) is 3.54. The van der Waals surface area contributed by atoms with Gasteiger partial charge in [0, 0.05) is 23.5 Å². The van der Waals surface area contributed by atoms with Crippen molar-refractivity contribution in [2.45, 2.75) is 32.4 Å². The predicted octanol–water partition coefficient (Wildman–Crippen LogP) is 3.12. The number of carbonyl (C=O) groups excluding carboxylic acids is 1. The summed E-state index contributed by atoms with van der Waals surface area (Å²) in [6, 6.07) is 0. The van der Waals surface area contributed by atoms with Crippen molar-refractivity contribution in [2.24, 2.45) is 0 Å². The van der Waals surface area contributed by atoms with E-state index in [4.69, 9.17) is 12.2 Å². The van der Waals surface area contributed by atoms with E-state index in [9.17, 15) is 18.0 Å². The predicted molar refractivity (Wildman–Crippen MR) is 66.2 cm³/mol. The lowest BCUT2D eigenvalue weighted by atomic mass is 10.2. The summed E-state index contributed by atoms with van der Waals surface area (Å²) in [6.45, 7) is 1.84. The molecule has 8 heteroatoms. The van der Waals surface area contributed by atoms with Gasteiger partial charge in [-0.3, -0.25) is 4.79 Å². The standard InChI is InChI=1S/C10H13F3N2OS2/c1-6-7(18-9(17)15-6)5-8(16)14-4-2-3-10(11,12)13/h2-5H2,1H3,(H,14,16)(H,15,17). The number of hydrogen-bond donors (Lipinski definition) is 2. The summed E-state index contributed by atoms with van der Waals surface area (Å²) >= 11 is 6.23. The van der Waals surface area contributed by atoms with Crippen molar-refractivity contribution in [1.29, 1.82) is 0 Å². The normalized spacial score (nSPS) is 11.6. The number of rotatable bonds is 5. The van der Waals surface area contributed by atoms with E-state index in [2.05, 4.69) is 10.3 Å². The first-order valence-corrected chi connectivity index (χ1v) is 6.52. The summed E-state index contributed by atoms with van der Waals surface area (Å²) in [5, 5.41) is 2.46. The Morgan fingerprint density at radius 1 is 1.50 bits per heavy atom. The lowest BCUT2D eigenvalue weighted by molar-refractivity contribution is -0.136. The fraction of sp³-hybridized carbons (Fsp3) is 0.600. The second kappa shape index (κ2) is 6.33. The first kappa shape index (κ1) is 15.2. The van der Waals surface area contributed by atoms with Gasteiger partial charge in [0.15, 0.2) is 3.95 Å². The van der Waals surface area contributed by atoms with Crippen LogP contribution >= 0.6 is 23.6 Å². The maximum atomic E-state index is 11.9. The molecule has 0 atom stereocenters. The maximum absolute atomic E-state index is 11.9. The Morgan fingerprint density at radius 2 is 2.17 bits per heavy atom. The Balaban J connectivity index is 2.30. The molecule has 0 fully saturated rings. The molecule has 1 aromatic rings. The monoisotopic (exact) mass is 298 g/mol. The molecule has 0 aliphatic heterocycles. The molecule has 3 nitrogen and oxygen atoms in total. The van der Waals surface area contributed by atoms with E-state index in [1.807, 2.05) is 0 Å². The second-order valence-corrected chi connectivity index (χ2v) is 5.58. The van der Waals surface area contributed by atoms with E-state index in [0.29, 0.717) is 3.95 Å². The van der Waals surface area contributed by atoms with Crippen LogP contribution in [-0.2, 0) is 11.2 Å². The fourth-order valence-electron chi connectivity index (χ4n) is 1.33. The summed E-state index contributed by atoms with van der Waals surface area (Å²) in [7, 11) is 0. The summed E-state index contributed by atoms with van der Waals surface area (Å²) in [5.74, 6) is -0.287. The number of H-pyrrole nitrogens is 1. The molecule has 1 heterocycles. The van der Waals surface area contributed by atoms with Crippen molar-refractivity contribution in [3.63, 3.8) is 0 Å². The summed E-state index contributed by atoms with van der Waals surface area (Å²) in [4.78, 5) is 15.2. The smallest absolute Gasteiger partial charge is 0.356 e. The van der Waals surface area contributed by atoms with Crippen molar-refractivity contribution < 1.29 is 18.0 Å². The first-order valence-electron chi connectivity index (χ1n) is 5.30. The highest BCUT2D eigenvalue weighted by Crippen LogP contribution is 2.20. The summed E-state index contributed by atoms with van der Waals surface area (Å²) in [5.41, 5.74) is 0.829. The van der Waals surface area contributed by atoms with Gasteiger partial charge in [-0.15, -0.1) is 11.3 Å². The molecule has 0 unspecified atom stereocenters. The third-order valence-electron chi connectivity index (χ3n) is 2.20. The van der Waals surface area contributed by atoms with Gasteiger partial charge in [0.05, 0.1) is 6.42 Å². The Bertz CT molecular complexity index is 464. The van der Waals surface area contributed by atoms with E-state index >= 15 is 0 Å². The number of amides is 1. The van der Waals surface area contributed by atoms with Crippen LogP contribution in [0.5, 0.6) is 0 Å². The fourth-order valence-corrected chi connectivity index (χ4v) is 2.62. The lowest BCUT2D eigenvalue weighted by Gasteiger charge is -2.07. The van der Waals surface area contributed by atoms with Gasteiger partial charge >= 0.3 is 6.18 Å². The van der Waals surface area contributed by atoms with Crippen LogP contribution in [0.3, 0.4) is 0 Å². The molecule has 102 valence electrons. The Kier molecular flexibility index (Phi) is 5.33. The molecular weight excluding hydrogens is 285 g/mol. The van der Waals surface area contributed by atoms with Gasteiger partial charge in [-0.05, 0) is 25.6 Å². The minimum absolute atomic E-state index is 0.0349. The number of hydrogen-bond acceptors (Lipinski definition) is 3. The van der Waals surface area contributed by atoms with Crippen molar-refractivity contribution >= 4 is 29.5 Å². The van der Waals surface area contributed by atoms with E-state index in [0.717, 1.165) is 10.6 Å². The van der Waals surface area contributed by atoms with Crippen LogP contribution in [0.4, 0.5) is 13.2 Å². The molecule has 1 amide bonds. The highest BCUT2D eigenvalue weighted by Gasteiger charge is 2.25. The van der Waals surface area contributed by atoms with Gasteiger partial charge in [0.25, 0.3) is 0 Å². The average molecular weight is 298 g/mol. The molecule has 0 saturated heterocycles. The highest BCUT2D eigenvalue weighted by molar-refractivity contribution is 7.73. The van der Waals surface area contributed by atoms with E-state index in [1.54, 1.807) is 6.92 Å². The molecule has 0 aromatic carbocycles. The van der Waals surface area contributed by atoms with Crippen LogP contribution in [0.15, 0.2) is 0 Å². The third kappa shape index (κ3) is 5.63. The van der Waals surface area contributed by atoms with Gasteiger partial charge in [-0.1, -0.05) is 0 Å². The molecule has 0 bridgehead atoms. The van der Waals surface area contributed by atoms with Crippen LogP contribution in [0.25, 0.3) is 0 Å². The SMILES string of the molecule is Cc1[nH]c(=S)sc1CC(=O)NCCCC(F)(F)F. The zero-order valence-corrected chi connectivity index (χ0v) is 11.3. The maximum Gasteiger partial charge on any atom is 0.389 e. The van der Waals surface area contributed by atoms with E-state index in [1.165, 1.54) is 11.3 Å². The molecule has 1 rings (SSSR count). The summed E-state index contributed by atoms with van der Waals surface area (Å²) in [6.07, 6.45) is -5.00. The van der Waals surface area contributed by atoms with Crippen LogP contribution in [-0.4, -0.2) is 23.6 Å². The molecule has 18 heavy (non-hydrogen) atoms. The number of carbonyl (C=O) groups is 1. The Labute approximate surface area is 111 Å². The number of aromatic nitrogens is 1. The molecule has 0 spiro atoms. The van der Waals surface area contributed by atoms with Crippen molar-refractivity contribution in [1.82, 2.24) is 10.3 Å². The van der Waals surface area contributed by atoms with Crippen LogP contribution < -0.4 is 5.32 Å². The minimum atomic E-state index is -4.17. The van der Waals surface area contributed by atoms with E-state index < -0.39 is 12.6 Å². The van der Waals surface area contributed by atoms with Crippen LogP contribution in [0.2, 0.25) is 0 Å². The quantitative estimate of drug-likeness (QED) is 0.648. The zero-order chi connectivity index (χ0) is 13.8. The van der Waals surface area contributed by atoms with Gasteiger partial charge in [-0.25, -0.2) is 0 Å². The summed E-state index contributed by atoms with van der Waals surface area (Å²) < 4.78 is 36.2. The first-order chi connectivity index (χ1) is 8.28. The number of aromatic amines is 1. The number of nitrogens with one attached hydrogen (secondary N) is 2. The molecule has 1 aromatic heterocycles. The Hall–Kier alpha value is -0.890. The molecule has 0 aliphatic rings. The van der Waals surface area contributed by atoms with Gasteiger partial charge in [0.1, 0.15) is 0 Å². The average Bonchev–Trinajstić information content (AvgIpc) is 2.51. The van der Waals surface area contributed by atoms with Gasteiger partial charge in [0.2, 0.25) is 5.91 Å². The number of aryl methyl sites for hydroxylation is 1. The minimum Gasteiger partial charge on any atom is -0.356 e. The van der Waals surface area contributed by atoms with Crippen molar-refractivity contribution in [3.05, 3.63) is 14.5 Å². The largest absolute Gasteiger partial charge is 0.389 e. The van der Waals surface area contributed by atoms with E-state index in [-0.39, 0.29) is 25.3 Å². The lowest BCUT2D eigenvalue weighted by Crippen LogP contribution is -2.27. The van der Waals surface area contributed by atoms with Crippen molar-refractivity contribution in [2.75, 3.05) is 6.54 Å². The molecule has 0 saturated carbocycles. The number of alkyl halides is 3. The van der Waals surface area contributed by atoms with Gasteiger partial charge < -0.3 is 10.3 Å².